The minimum absolute atomic E-state index is 0. The van der Waals surface area contributed by atoms with Crippen LogP contribution in [-0.4, -0.2) is 22.5 Å². The molecule has 1 fully saturated rings. The van der Waals surface area contributed by atoms with Gasteiger partial charge in [-0.25, -0.2) is 8.78 Å². The van der Waals surface area contributed by atoms with Crippen LogP contribution in [-0.2, 0) is 4.79 Å². The molecule has 6 heteroatoms. The standard InChI is InChI=1S/C9H15F2NO2.ClH/c1-8(12,7(13)14)5-9(10,11)4-6-2-3-6;/h6H,2-5,12H2,1H3,(H,13,14);1H/t8-;/m0./s1. The second-order valence-electron chi connectivity index (χ2n) is 4.40. The molecule has 3 N–H and O–H groups in total. The number of rotatable bonds is 5. The van der Waals surface area contributed by atoms with Gasteiger partial charge in [-0.3, -0.25) is 4.79 Å². The van der Waals surface area contributed by atoms with E-state index < -0.39 is 23.9 Å². The lowest BCUT2D eigenvalue weighted by molar-refractivity contribution is -0.147. The van der Waals surface area contributed by atoms with Gasteiger partial charge >= 0.3 is 5.97 Å². The van der Waals surface area contributed by atoms with E-state index in [1.54, 1.807) is 0 Å². The molecule has 0 aromatic rings. The van der Waals surface area contributed by atoms with Gasteiger partial charge in [0.1, 0.15) is 5.54 Å². The van der Waals surface area contributed by atoms with Gasteiger partial charge in [0, 0.05) is 12.8 Å². The zero-order valence-corrected chi connectivity index (χ0v) is 9.32. The lowest BCUT2D eigenvalue weighted by Crippen LogP contribution is -2.49. The zero-order chi connectivity index (χ0) is 11.0. The van der Waals surface area contributed by atoms with Gasteiger partial charge in [-0.05, 0) is 25.7 Å². The van der Waals surface area contributed by atoms with E-state index in [-0.39, 0.29) is 24.7 Å². The van der Waals surface area contributed by atoms with Crippen LogP contribution >= 0.6 is 12.4 Å². The summed E-state index contributed by atoms with van der Waals surface area (Å²) in [7, 11) is 0. The molecular weight excluding hydrogens is 228 g/mol. The summed E-state index contributed by atoms with van der Waals surface area (Å²) in [5.41, 5.74) is 3.43. The van der Waals surface area contributed by atoms with Crippen LogP contribution in [0.25, 0.3) is 0 Å². The third kappa shape index (κ3) is 4.75. The number of carboxylic acids is 1. The molecule has 0 aromatic carbocycles. The number of carbonyl (C=O) groups is 1. The smallest absolute Gasteiger partial charge is 0.323 e. The summed E-state index contributed by atoms with van der Waals surface area (Å²) in [6.45, 7) is 1.12. The fraction of sp³-hybridized carbons (Fsp3) is 0.889. The highest BCUT2D eigenvalue weighted by Gasteiger charge is 2.44. The minimum Gasteiger partial charge on any atom is -0.480 e. The Hall–Kier alpha value is -0.420. The first-order chi connectivity index (χ1) is 6.23. The van der Waals surface area contributed by atoms with E-state index in [1.165, 1.54) is 0 Å². The summed E-state index contributed by atoms with van der Waals surface area (Å²) in [5, 5.41) is 8.60. The van der Waals surface area contributed by atoms with Crippen LogP contribution in [0.15, 0.2) is 0 Å². The molecule has 0 spiro atoms. The number of halogens is 3. The van der Waals surface area contributed by atoms with Crippen molar-refractivity contribution in [2.75, 3.05) is 0 Å². The summed E-state index contributed by atoms with van der Waals surface area (Å²) in [6, 6.07) is 0. The van der Waals surface area contributed by atoms with Crippen molar-refractivity contribution in [3.8, 4) is 0 Å². The lowest BCUT2D eigenvalue weighted by atomic mass is 9.92. The van der Waals surface area contributed by atoms with Gasteiger partial charge in [0.05, 0.1) is 0 Å². The van der Waals surface area contributed by atoms with Crippen molar-refractivity contribution in [1.82, 2.24) is 0 Å². The molecule has 3 nitrogen and oxygen atoms in total. The number of hydrogen-bond donors (Lipinski definition) is 2. The monoisotopic (exact) mass is 243 g/mol. The molecule has 0 aromatic heterocycles. The van der Waals surface area contributed by atoms with Gasteiger partial charge < -0.3 is 10.8 Å². The average molecular weight is 244 g/mol. The molecule has 0 radical (unpaired) electrons. The average Bonchev–Trinajstić information content (AvgIpc) is 2.67. The SMILES string of the molecule is C[C@](N)(CC(F)(F)CC1CC1)C(=O)O.Cl. The van der Waals surface area contributed by atoms with Crippen LogP contribution in [0.4, 0.5) is 8.78 Å². The summed E-state index contributed by atoms with van der Waals surface area (Å²) in [4.78, 5) is 10.5. The molecular formula is C9H16ClF2NO2. The Labute approximate surface area is 93.4 Å². The Morgan fingerprint density at radius 3 is 2.33 bits per heavy atom. The van der Waals surface area contributed by atoms with Gasteiger partial charge in [-0.15, -0.1) is 12.4 Å². The molecule has 0 unspecified atom stereocenters. The van der Waals surface area contributed by atoms with Crippen LogP contribution in [0.3, 0.4) is 0 Å². The number of nitrogens with two attached hydrogens (primary N) is 1. The maximum atomic E-state index is 13.2. The first-order valence-corrected chi connectivity index (χ1v) is 4.63. The van der Waals surface area contributed by atoms with E-state index in [1.807, 2.05) is 0 Å². The van der Waals surface area contributed by atoms with Crippen molar-refractivity contribution in [2.24, 2.45) is 11.7 Å². The predicted octanol–water partition coefficient (Wildman–Crippen LogP) is 2.04. The fourth-order valence-electron chi connectivity index (χ4n) is 1.43. The van der Waals surface area contributed by atoms with Gasteiger partial charge in [-0.2, -0.15) is 0 Å². The topological polar surface area (TPSA) is 63.3 Å². The van der Waals surface area contributed by atoms with Crippen LogP contribution in [0.2, 0.25) is 0 Å². The van der Waals surface area contributed by atoms with Crippen molar-refractivity contribution < 1.29 is 18.7 Å². The van der Waals surface area contributed by atoms with Crippen molar-refractivity contribution in [3.05, 3.63) is 0 Å². The van der Waals surface area contributed by atoms with Crippen molar-refractivity contribution in [2.45, 2.75) is 44.1 Å². The summed E-state index contributed by atoms with van der Waals surface area (Å²) < 4.78 is 26.5. The largest absolute Gasteiger partial charge is 0.480 e. The second-order valence-corrected chi connectivity index (χ2v) is 4.40. The van der Waals surface area contributed by atoms with Crippen molar-refractivity contribution in [3.63, 3.8) is 0 Å². The highest BCUT2D eigenvalue weighted by Crippen LogP contribution is 2.41. The third-order valence-electron chi connectivity index (χ3n) is 2.40. The lowest BCUT2D eigenvalue weighted by Gasteiger charge is -2.25. The van der Waals surface area contributed by atoms with Crippen LogP contribution in [0.1, 0.15) is 32.6 Å². The summed E-state index contributed by atoms with van der Waals surface area (Å²) >= 11 is 0. The third-order valence-corrected chi connectivity index (χ3v) is 2.40. The first-order valence-electron chi connectivity index (χ1n) is 4.63. The molecule has 1 saturated carbocycles. The summed E-state index contributed by atoms with van der Waals surface area (Å²) in [5.74, 6) is -4.27. The molecule has 1 rings (SSSR count). The molecule has 0 saturated heterocycles. The Morgan fingerprint density at radius 2 is 2.00 bits per heavy atom. The van der Waals surface area contributed by atoms with E-state index in [9.17, 15) is 13.6 Å². The van der Waals surface area contributed by atoms with Gasteiger partial charge in [0.2, 0.25) is 0 Å². The molecule has 0 bridgehead atoms. The quantitative estimate of drug-likeness (QED) is 0.777. The zero-order valence-electron chi connectivity index (χ0n) is 8.50. The Balaban J connectivity index is 0.00000196. The van der Waals surface area contributed by atoms with E-state index in [2.05, 4.69) is 0 Å². The van der Waals surface area contributed by atoms with Crippen LogP contribution < -0.4 is 5.73 Å². The van der Waals surface area contributed by atoms with Gasteiger partial charge in [0.25, 0.3) is 5.92 Å². The normalized spacial score (nSPS) is 20.3. The number of carboxylic acid groups (broad SMARTS) is 1. The van der Waals surface area contributed by atoms with E-state index >= 15 is 0 Å². The van der Waals surface area contributed by atoms with Gasteiger partial charge in [-0.1, -0.05) is 0 Å². The number of hydrogen-bond acceptors (Lipinski definition) is 2. The van der Waals surface area contributed by atoms with Crippen LogP contribution in [0, 0.1) is 5.92 Å². The molecule has 1 atom stereocenters. The molecule has 90 valence electrons. The number of aliphatic carboxylic acids is 1. The second kappa shape index (κ2) is 4.61. The van der Waals surface area contributed by atoms with Crippen molar-refractivity contribution >= 4 is 18.4 Å². The molecule has 1 aliphatic carbocycles. The van der Waals surface area contributed by atoms with Crippen LogP contribution in [0.5, 0.6) is 0 Å². The molecule has 15 heavy (non-hydrogen) atoms. The van der Waals surface area contributed by atoms with E-state index in [4.69, 9.17) is 10.8 Å². The maximum absolute atomic E-state index is 13.2. The molecule has 0 aliphatic heterocycles. The minimum atomic E-state index is -2.96. The van der Waals surface area contributed by atoms with E-state index in [0.717, 1.165) is 19.8 Å². The highest BCUT2D eigenvalue weighted by molar-refractivity contribution is 5.85. The first kappa shape index (κ1) is 14.6. The Kier molecular flexibility index (Phi) is 4.49. The fourth-order valence-corrected chi connectivity index (χ4v) is 1.43. The number of alkyl halides is 2. The Morgan fingerprint density at radius 1 is 1.53 bits per heavy atom. The predicted molar refractivity (Wildman–Crippen MR) is 54.4 cm³/mol. The Bertz CT molecular complexity index is 242. The molecule has 0 heterocycles. The molecule has 0 amide bonds. The molecule has 1 aliphatic rings. The highest BCUT2D eigenvalue weighted by atomic mass is 35.5. The summed E-state index contributed by atoms with van der Waals surface area (Å²) in [6.07, 6.45) is 0.632. The van der Waals surface area contributed by atoms with Gasteiger partial charge in [0.15, 0.2) is 0 Å². The van der Waals surface area contributed by atoms with Crippen molar-refractivity contribution in [1.29, 1.82) is 0 Å². The van der Waals surface area contributed by atoms with E-state index in [0.29, 0.717) is 0 Å². The maximum Gasteiger partial charge on any atom is 0.323 e.